The van der Waals surface area contributed by atoms with E-state index in [1.807, 2.05) is 48.7 Å². The molecule has 2 aromatic rings. The molecule has 128 valence electrons. The number of hydrogen-bond donors (Lipinski definition) is 2. The maximum Gasteiger partial charge on any atom is 0.255 e. The minimum atomic E-state index is -0.0483. The van der Waals surface area contributed by atoms with Crippen LogP contribution < -0.4 is 5.32 Å². The van der Waals surface area contributed by atoms with E-state index >= 15 is 0 Å². The van der Waals surface area contributed by atoms with Crippen molar-refractivity contribution in [3.63, 3.8) is 0 Å². The Kier molecular flexibility index (Phi) is 5.66. The lowest BCUT2D eigenvalue weighted by atomic mass is 9.97. The third kappa shape index (κ3) is 3.86. The maximum absolute atomic E-state index is 12.6. The minimum absolute atomic E-state index is 0.0483. The lowest BCUT2D eigenvalue weighted by Crippen LogP contribution is -2.22. The van der Waals surface area contributed by atoms with Crippen LogP contribution >= 0.6 is 11.3 Å². The summed E-state index contributed by atoms with van der Waals surface area (Å²) in [7, 11) is 2.00. The molecule has 0 unspecified atom stereocenters. The van der Waals surface area contributed by atoms with Gasteiger partial charge >= 0.3 is 0 Å². The van der Waals surface area contributed by atoms with Gasteiger partial charge in [-0.2, -0.15) is 0 Å². The third-order valence-electron chi connectivity index (χ3n) is 4.41. The standard InChI is InChI=1S/C19H24N2O2S/c1-21(11-12-22)13-17-18(15-9-5-6-10-16(15)24-17)20-19(23)14-7-3-2-4-8-14/h2-4,7-8,22H,5-6,9-13H2,1H3,(H,20,23). The molecule has 0 spiro atoms. The average molecular weight is 344 g/mol. The number of thiophene rings is 1. The van der Waals surface area contributed by atoms with Gasteiger partial charge < -0.3 is 10.4 Å². The van der Waals surface area contributed by atoms with Crippen LogP contribution in [0.1, 0.15) is 38.5 Å². The number of aryl methyl sites for hydroxylation is 1. The molecule has 3 rings (SSSR count). The molecule has 1 amide bonds. The average Bonchev–Trinajstić information content (AvgIpc) is 2.93. The first-order valence-electron chi connectivity index (χ1n) is 8.48. The van der Waals surface area contributed by atoms with Gasteiger partial charge in [0.05, 0.1) is 12.3 Å². The van der Waals surface area contributed by atoms with E-state index in [0.29, 0.717) is 12.1 Å². The third-order valence-corrected chi connectivity index (χ3v) is 5.69. The fraction of sp³-hybridized carbons (Fsp3) is 0.421. The van der Waals surface area contributed by atoms with Crippen LogP contribution in [0.5, 0.6) is 0 Å². The Bertz CT molecular complexity index is 697. The van der Waals surface area contributed by atoms with Crippen molar-refractivity contribution in [2.75, 3.05) is 25.5 Å². The summed E-state index contributed by atoms with van der Waals surface area (Å²) in [6.07, 6.45) is 4.56. The second kappa shape index (κ2) is 7.92. The van der Waals surface area contributed by atoms with Gasteiger partial charge in [0, 0.05) is 28.4 Å². The second-order valence-corrected chi connectivity index (χ2v) is 7.48. The summed E-state index contributed by atoms with van der Waals surface area (Å²) in [5.41, 5.74) is 3.01. The van der Waals surface area contributed by atoms with Crippen molar-refractivity contribution in [1.29, 1.82) is 0 Å². The van der Waals surface area contributed by atoms with Crippen LogP contribution in [0, 0.1) is 0 Å². The number of carbonyl (C=O) groups excluding carboxylic acids is 1. The molecular formula is C19H24N2O2S. The van der Waals surface area contributed by atoms with Crippen molar-refractivity contribution in [1.82, 2.24) is 4.90 Å². The molecule has 1 aromatic heterocycles. The van der Waals surface area contributed by atoms with E-state index in [2.05, 4.69) is 10.2 Å². The number of amides is 1. The Labute approximate surface area is 147 Å². The molecule has 0 saturated carbocycles. The highest BCUT2D eigenvalue weighted by molar-refractivity contribution is 7.12. The van der Waals surface area contributed by atoms with Crippen LogP contribution in [0.4, 0.5) is 5.69 Å². The number of hydrogen-bond acceptors (Lipinski definition) is 4. The largest absolute Gasteiger partial charge is 0.395 e. The maximum atomic E-state index is 12.6. The Hall–Kier alpha value is -1.69. The number of aliphatic hydroxyl groups excluding tert-OH is 1. The van der Waals surface area contributed by atoms with Crippen LogP contribution in [-0.2, 0) is 19.4 Å². The van der Waals surface area contributed by atoms with Gasteiger partial charge in [0.2, 0.25) is 0 Å². The molecule has 0 saturated heterocycles. The summed E-state index contributed by atoms with van der Waals surface area (Å²) in [5.74, 6) is -0.0483. The minimum Gasteiger partial charge on any atom is -0.395 e. The summed E-state index contributed by atoms with van der Waals surface area (Å²) in [4.78, 5) is 17.3. The molecule has 0 aliphatic heterocycles. The fourth-order valence-electron chi connectivity index (χ4n) is 3.15. The van der Waals surface area contributed by atoms with Crippen molar-refractivity contribution < 1.29 is 9.90 Å². The molecule has 24 heavy (non-hydrogen) atoms. The first-order valence-corrected chi connectivity index (χ1v) is 9.30. The van der Waals surface area contributed by atoms with Crippen LogP contribution in [0.15, 0.2) is 30.3 Å². The Morgan fingerprint density at radius 1 is 1.25 bits per heavy atom. The molecule has 0 atom stereocenters. The van der Waals surface area contributed by atoms with Gasteiger partial charge in [0.1, 0.15) is 0 Å². The van der Waals surface area contributed by atoms with Gasteiger partial charge in [0.25, 0.3) is 5.91 Å². The second-order valence-electron chi connectivity index (χ2n) is 6.29. The molecule has 1 aliphatic rings. The molecule has 5 heteroatoms. The topological polar surface area (TPSA) is 52.6 Å². The van der Waals surface area contributed by atoms with Crippen molar-refractivity contribution in [2.45, 2.75) is 32.2 Å². The number of nitrogens with one attached hydrogen (secondary N) is 1. The summed E-state index contributed by atoms with van der Waals surface area (Å²) in [6.45, 7) is 1.53. The number of fused-ring (bicyclic) bond motifs is 1. The number of rotatable bonds is 6. The van der Waals surface area contributed by atoms with Crippen LogP contribution in [0.3, 0.4) is 0 Å². The predicted octanol–water partition coefficient (Wildman–Crippen LogP) is 3.30. The van der Waals surface area contributed by atoms with E-state index in [1.54, 1.807) is 0 Å². The Morgan fingerprint density at radius 3 is 2.75 bits per heavy atom. The van der Waals surface area contributed by atoms with Gasteiger partial charge in [0.15, 0.2) is 0 Å². The monoisotopic (exact) mass is 344 g/mol. The highest BCUT2D eigenvalue weighted by atomic mass is 32.1. The number of likely N-dealkylation sites (N-methyl/N-ethyl adjacent to an activating group) is 1. The molecule has 0 bridgehead atoms. The first kappa shape index (κ1) is 17.1. The lowest BCUT2D eigenvalue weighted by molar-refractivity contribution is 0.102. The molecule has 2 N–H and O–H groups in total. The van der Waals surface area contributed by atoms with E-state index in [0.717, 1.165) is 25.1 Å². The molecular weight excluding hydrogens is 320 g/mol. The van der Waals surface area contributed by atoms with Crippen molar-refractivity contribution in [3.8, 4) is 0 Å². The number of nitrogens with zero attached hydrogens (tertiary/aromatic N) is 1. The van der Waals surface area contributed by atoms with Gasteiger partial charge in [-0.25, -0.2) is 0 Å². The first-order chi connectivity index (χ1) is 11.7. The fourth-order valence-corrected chi connectivity index (χ4v) is 4.58. The molecule has 0 radical (unpaired) electrons. The van der Waals surface area contributed by atoms with Gasteiger partial charge in [-0.05, 0) is 50.4 Å². The van der Waals surface area contributed by atoms with Crippen molar-refractivity contribution in [2.24, 2.45) is 0 Å². The van der Waals surface area contributed by atoms with Crippen LogP contribution in [0.2, 0.25) is 0 Å². The van der Waals surface area contributed by atoms with Crippen LogP contribution in [0.25, 0.3) is 0 Å². The Balaban J connectivity index is 1.87. The number of carbonyl (C=O) groups is 1. The number of benzene rings is 1. The molecule has 1 aromatic carbocycles. The molecule has 1 heterocycles. The van der Waals surface area contributed by atoms with Crippen molar-refractivity contribution in [3.05, 3.63) is 51.2 Å². The molecule has 4 nitrogen and oxygen atoms in total. The summed E-state index contributed by atoms with van der Waals surface area (Å²) in [6, 6.07) is 9.36. The van der Waals surface area contributed by atoms with E-state index in [9.17, 15) is 4.79 Å². The zero-order valence-corrected chi connectivity index (χ0v) is 14.9. The smallest absolute Gasteiger partial charge is 0.255 e. The highest BCUT2D eigenvalue weighted by Crippen LogP contribution is 2.39. The SMILES string of the molecule is CN(CCO)Cc1sc2c(c1NC(=O)c1ccccc1)CCCC2. The van der Waals surface area contributed by atoms with Gasteiger partial charge in [-0.3, -0.25) is 9.69 Å². The van der Waals surface area contributed by atoms with E-state index in [4.69, 9.17) is 5.11 Å². The zero-order valence-electron chi connectivity index (χ0n) is 14.0. The van der Waals surface area contributed by atoms with Gasteiger partial charge in [-0.15, -0.1) is 11.3 Å². The molecule has 1 aliphatic carbocycles. The summed E-state index contributed by atoms with van der Waals surface area (Å²) in [5, 5.41) is 12.3. The summed E-state index contributed by atoms with van der Waals surface area (Å²) < 4.78 is 0. The number of anilines is 1. The quantitative estimate of drug-likeness (QED) is 0.845. The van der Waals surface area contributed by atoms with Gasteiger partial charge in [-0.1, -0.05) is 18.2 Å². The molecule has 0 fully saturated rings. The predicted molar refractivity (Wildman–Crippen MR) is 98.8 cm³/mol. The van der Waals surface area contributed by atoms with E-state index in [1.165, 1.54) is 28.2 Å². The van der Waals surface area contributed by atoms with Crippen molar-refractivity contribution >= 4 is 22.9 Å². The number of aliphatic hydroxyl groups is 1. The summed E-state index contributed by atoms with van der Waals surface area (Å²) >= 11 is 1.82. The van der Waals surface area contributed by atoms with Crippen LogP contribution in [-0.4, -0.2) is 36.1 Å². The normalized spacial score (nSPS) is 13.8. The zero-order chi connectivity index (χ0) is 16.9. The van der Waals surface area contributed by atoms with E-state index in [-0.39, 0.29) is 12.5 Å². The van der Waals surface area contributed by atoms with E-state index < -0.39 is 0 Å². The Morgan fingerprint density at radius 2 is 2.00 bits per heavy atom. The highest BCUT2D eigenvalue weighted by Gasteiger charge is 2.23. The lowest BCUT2D eigenvalue weighted by Gasteiger charge is -2.17.